The lowest BCUT2D eigenvalue weighted by Gasteiger charge is -2.33. The van der Waals surface area contributed by atoms with E-state index < -0.39 is 0 Å². The number of rotatable bonds is 5. The number of hydrogen-bond acceptors (Lipinski definition) is 7. The Balaban J connectivity index is 1.47. The Bertz CT molecular complexity index is 860. The highest BCUT2D eigenvalue weighted by Crippen LogP contribution is 2.35. The standard InChI is InChI=1S/C21H32N6OS/c1-15-6-4-5-8-26(15)9-7-22-20(28)18-16(2)17-19(23-14-24-21(17)29-18)27-12-10-25(3)11-13-27/h14-15H,4-13H2,1-3H3,(H,22,28)/t15-/m0/s1. The second-order valence-electron chi connectivity index (χ2n) is 8.36. The molecule has 0 unspecified atom stereocenters. The molecule has 1 atom stereocenters. The van der Waals surface area contributed by atoms with Crippen molar-refractivity contribution in [3.63, 3.8) is 0 Å². The van der Waals surface area contributed by atoms with E-state index in [1.807, 2.05) is 6.92 Å². The van der Waals surface area contributed by atoms with E-state index in [0.717, 1.165) is 65.7 Å². The summed E-state index contributed by atoms with van der Waals surface area (Å²) in [5, 5.41) is 4.17. The number of carbonyl (C=O) groups excluding carboxylic acids is 1. The average Bonchev–Trinajstić information content (AvgIpc) is 3.07. The summed E-state index contributed by atoms with van der Waals surface area (Å²) in [5.74, 6) is 0.984. The first-order chi connectivity index (χ1) is 14.0. The van der Waals surface area contributed by atoms with Gasteiger partial charge in [-0.15, -0.1) is 11.3 Å². The highest BCUT2D eigenvalue weighted by molar-refractivity contribution is 7.20. The van der Waals surface area contributed by atoms with Gasteiger partial charge in [0.25, 0.3) is 5.91 Å². The van der Waals surface area contributed by atoms with Crippen LogP contribution in [0.25, 0.3) is 10.2 Å². The van der Waals surface area contributed by atoms with Crippen LogP contribution >= 0.6 is 11.3 Å². The SMILES string of the molecule is Cc1c(C(=O)NCCN2CCCC[C@@H]2C)sc2ncnc(N3CCN(C)CC3)c12. The molecule has 2 fully saturated rings. The second kappa shape index (κ2) is 8.93. The van der Waals surface area contributed by atoms with Crippen molar-refractivity contribution >= 4 is 33.3 Å². The van der Waals surface area contributed by atoms with Gasteiger partial charge in [0.05, 0.1) is 10.3 Å². The summed E-state index contributed by atoms with van der Waals surface area (Å²) in [6, 6.07) is 0.619. The zero-order valence-electron chi connectivity index (χ0n) is 17.8. The van der Waals surface area contributed by atoms with Crippen LogP contribution in [0.15, 0.2) is 6.33 Å². The van der Waals surface area contributed by atoms with Crippen LogP contribution < -0.4 is 10.2 Å². The Kier molecular flexibility index (Phi) is 6.32. The number of aromatic nitrogens is 2. The number of thiophene rings is 1. The van der Waals surface area contributed by atoms with Crippen molar-refractivity contribution in [2.24, 2.45) is 0 Å². The first kappa shape index (κ1) is 20.5. The van der Waals surface area contributed by atoms with Gasteiger partial charge in [0.1, 0.15) is 17.0 Å². The minimum absolute atomic E-state index is 0.0134. The molecule has 0 bridgehead atoms. The fourth-order valence-corrected chi connectivity index (χ4v) is 5.47. The van der Waals surface area contributed by atoms with Crippen LogP contribution in [-0.2, 0) is 0 Å². The smallest absolute Gasteiger partial charge is 0.261 e. The van der Waals surface area contributed by atoms with Gasteiger partial charge in [0.2, 0.25) is 0 Å². The minimum Gasteiger partial charge on any atom is -0.353 e. The van der Waals surface area contributed by atoms with Crippen LogP contribution in [0.1, 0.15) is 41.4 Å². The maximum Gasteiger partial charge on any atom is 0.261 e. The van der Waals surface area contributed by atoms with Crippen LogP contribution in [0.2, 0.25) is 0 Å². The normalized spacial score (nSPS) is 21.6. The summed E-state index contributed by atoms with van der Waals surface area (Å²) >= 11 is 1.48. The molecule has 7 nitrogen and oxygen atoms in total. The van der Waals surface area contributed by atoms with Crippen LogP contribution in [0.3, 0.4) is 0 Å². The van der Waals surface area contributed by atoms with Gasteiger partial charge in [-0.25, -0.2) is 9.97 Å². The van der Waals surface area contributed by atoms with E-state index in [2.05, 4.69) is 44.0 Å². The molecule has 0 spiro atoms. The summed E-state index contributed by atoms with van der Waals surface area (Å²) in [4.78, 5) is 30.8. The lowest BCUT2D eigenvalue weighted by Crippen LogP contribution is -2.44. The third kappa shape index (κ3) is 4.39. The number of hydrogen-bond donors (Lipinski definition) is 1. The molecular weight excluding hydrogens is 384 g/mol. The number of fused-ring (bicyclic) bond motifs is 1. The number of nitrogens with zero attached hydrogens (tertiary/aromatic N) is 5. The van der Waals surface area contributed by atoms with Crippen molar-refractivity contribution < 1.29 is 4.79 Å². The number of amides is 1. The molecule has 2 aliphatic rings. The number of piperidine rings is 1. The molecule has 2 aliphatic heterocycles. The van der Waals surface area contributed by atoms with Crippen LogP contribution in [-0.4, -0.2) is 84.6 Å². The van der Waals surface area contributed by atoms with Gasteiger partial charge in [-0.3, -0.25) is 9.69 Å². The number of aryl methyl sites for hydroxylation is 1. The Morgan fingerprint density at radius 3 is 2.76 bits per heavy atom. The Hall–Kier alpha value is -1.77. The first-order valence-corrected chi connectivity index (χ1v) is 11.6. The zero-order valence-corrected chi connectivity index (χ0v) is 18.6. The molecular formula is C21H32N6OS. The molecule has 2 aromatic rings. The predicted molar refractivity (Wildman–Crippen MR) is 119 cm³/mol. The number of anilines is 1. The molecule has 2 aromatic heterocycles. The average molecular weight is 417 g/mol. The van der Waals surface area contributed by atoms with Crippen molar-refractivity contribution in [3.05, 3.63) is 16.8 Å². The lowest BCUT2D eigenvalue weighted by atomic mass is 10.0. The fraction of sp³-hybridized carbons (Fsp3) is 0.667. The van der Waals surface area contributed by atoms with Gasteiger partial charge in [0.15, 0.2) is 0 Å². The van der Waals surface area contributed by atoms with Crippen LogP contribution in [0, 0.1) is 6.92 Å². The van der Waals surface area contributed by atoms with E-state index in [1.54, 1.807) is 6.33 Å². The molecule has 1 N–H and O–H groups in total. The quantitative estimate of drug-likeness (QED) is 0.807. The van der Waals surface area contributed by atoms with Gasteiger partial charge in [-0.2, -0.15) is 0 Å². The summed E-state index contributed by atoms with van der Waals surface area (Å²) in [6.45, 7) is 11.0. The monoisotopic (exact) mass is 416 g/mol. The number of piperazine rings is 1. The van der Waals surface area contributed by atoms with Gasteiger partial charge >= 0.3 is 0 Å². The Morgan fingerprint density at radius 2 is 2.00 bits per heavy atom. The molecule has 29 heavy (non-hydrogen) atoms. The van der Waals surface area contributed by atoms with E-state index in [1.165, 1.54) is 30.6 Å². The third-order valence-corrected chi connectivity index (χ3v) is 7.54. The number of carbonyl (C=O) groups is 1. The molecule has 4 heterocycles. The summed E-state index contributed by atoms with van der Waals surface area (Å²) in [6.07, 6.45) is 5.48. The van der Waals surface area contributed by atoms with Crippen LogP contribution in [0.4, 0.5) is 5.82 Å². The minimum atomic E-state index is 0.0134. The van der Waals surface area contributed by atoms with Crippen molar-refractivity contribution in [2.75, 3.05) is 57.8 Å². The van der Waals surface area contributed by atoms with Crippen molar-refractivity contribution in [3.8, 4) is 0 Å². The van der Waals surface area contributed by atoms with E-state index >= 15 is 0 Å². The Morgan fingerprint density at radius 1 is 1.21 bits per heavy atom. The van der Waals surface area contributed by atoms with Crippen LogP contribution in [0.5, 0.6) is 0 Å². The molecule has 2 saturated heterocycles. The van der Waals surface area contributed by atoms with Crippen molar-refractivity contribution in [1.82, 2.24) is 25.1 Å². The Labute approximate surface area is 177 Å². The van der Waals surface area contributed by atoms with E-state index in [-0.39, 0.29) is 5.91 Å². The highest BCUT2D eigenvalue weighted by Gasteiger charge is 2.24. The van der Waals surface area contributed by atoms with Gasteiger partial charge in [-0.05, 0) is 45.8 Å². The molecule has 1 amide bonds. The van der Waals surface area contributed by atoms with Crippen molar-refractivity contribution in [2.45, 2.75) is 39.2 Å². The summed E-state index contributed by atoms with van der Waals surface area (Å²) < 4.78 is 0. The predicted octanol–water partition coefficient (Wildman–Crippen LogP) is 2.36. The lowest BCUT2D eigenvalue weighted by molar-refractivity contribution is 0.0942. The van der Waals surface area contributed by atoms with Gasteiger partial charge in [-0.1, -0.05) is 6.42 Å². The number of likely N-dealkylation sites (N-methyl/N-ethyl adjacent to an activating group) is 1. The van der Waals surface area contributed by atoms with Gasteiger partial charge < -0.3 is 15.1 Å². The maximum atomic E-state index is 12.9. The first-order valence-electron chi connectivity index (χ1n) is 10.7. The topological polar surface area (TPSA) is 64.6 Å². The van der Waals surface area contributed by atoms with Gasteiger partial charge in [0, 0.05) is 45.3 Å². The highest BCUT2D eigenvalue weighted by atomic mass is 32.1. The number of nitrogens with one attached hydrogen (secondary N) is 1. The molecule has 0 aliphatic carbocycles. The second-order valence-corrected chi connectivity index (χ2v) is 9.36. The number of likely N-dealkylation sites (tertiary alicyclic amines) is 1. The molecule has 4 rings (SSSR count). The molecule has 0 radical (unpaired) electrons. The molecule has 8 heteroatoms. The maximum absolute atomic E-state index is 12.9. The molecule has 0 saturated carbocycles. The van der Waals surface area contributed by atoms with Crippen molar-refractivity contribution in [1.29, 1.82) is 0 Å². The summed E-state index contributed by atoms with van der Waals surface area (Å²) in [5.41, 5.74) is 1.00. The molecule has 158 valence electrons. The largest absolute Gasteiger partial charge is 0.353 e. The zero-order chi connectivity index (χ0) is 20.4. The van der Waals surface area contributed by atoms with E-state index in [9.17, 15) is 4.79 Å². The fourth-order valence-electron chi connectivity index (χ4n) is 4.41. The van der Waals surface area contributed by atoms with E-state index in [0.29, 0.717) is 12.6 Å². The summed E-state index contributed by atoms with van der Waals surface area (Å²) in [7, 11) is 2.15. The molecule has 0 aromatic carbocycles. The third-order valence-electron chi connectivity index (χ3n) is 6.34. The van der Waals surface area contributed by atoms with E-state index in [4.69, 9.17) is 0 Å².